The Kier molecular flexibility index (Phi) is 4.71. The fourth-order valence-corrected chi connectivity index (χ4v) is 3.24. The summed E-state index contributed by atoms with van der Waals surface area (Å²) in [4.78, 5) is 25.3. The van der Waals surface area contributed by atoms with E-state index in [1.165, 1.54) is 5.56 Å². The van der Waals surface area contributed by atoms with E-state index in [2.05, 4.69) is 20.9 Å². The van der Waals surface area contributed by atoms with E-state index in [-0.39, 0.29) is 5.91 Å². The van der Waals surface area contributed by atoms with Crippen LogP contribution in [-0.4, -0.2) is 58.6 Å². The Morgan fingerprint density at radius 2 is 1.81 bits per heavy atom. The monoisotopic (exact) mass is 354 g/mol. The molecule has 1 amide bonds. The summed E-state index contributed by atoms with van der Waals surface area (Å²) >= 11 is 0. The van der Waals surface area contributed by atoms with E-state index in [9.17, 15) is 4.79 Å². The molecule has 0 aliphatic carbocycles. The molecular formula is C19H22N4O3. The number of aryl methyl sites for hydroxylation is 1. The van der Waals surface area contributed by atoms with Crippen molar-refractivity contribution in [3.05, 3.63) is 47.5 Å². The second-order valence-electron chi connectivity index (χ2n) is 6.50. The molecular weight excluding hydrogens is 332 g/mol. The molecule has 7 nitrogen and oxygen atoms in total. The predicted molar refractivity (Wildman–Crippen MR) is 95.2 cm³/mol. The Balaban J connectivity index is 1.32. The van der Waals surface area contributed by atoms with Crippen LogP contribution < -0.4 is 9.47 Å². The summed E-state index contributed by atoms with van der Waals surface area (Å²) in [5.41, 5.74) is 1.75. The van der Waals surface area contributed by atoms with Gasteiger partial charge in [-0.25, -0.2) is 9.97 Å². The van der Waals surface area contributed by atoms with Crippen LogP contribution in [0.15, 0.2) is 30.6 Å². The third-order valence-electron chi connectivity index (χ3n) is 4.77. The topological polar surface area (TPSA) is 67.8 Å². The highest BCUT2D eigenvalue weighted by molar-refractivity contribution is 5.93. The van der Waals surface area contributed by atoms with Crippen LogP contribution in [0.4, 0.5) is 0 Å². The number of rotatable bonds is 4. The molecule has 2 aromatic rings. The number of aromatic nitrogens is 2. The minimum absolute atomic E-state index is 0.00961. The number of nitrogens with zero attached hydrogens (tertiary/aromatic N) is 4. The fourth-order valence-electron chi connectivity index (χ4n) is 3.24. The van der Waals surface area contributed by atoms with E-state index in [0.29, 0.717) is 25.4 Å². The minimum atomic E-state index is 0.00961. The average Bonchev–Trinajstić information content (AvgIpc) is 3.16. The molecule has 1 aromatic heterocycles. The van der Waals surface area contributed by atoms with Crippen molar-refractivity contribution in [2.45, 2.75) is 19.9 Å². The standard InChI is InChI=1S/C19H22N4O3/c1-2-18-20-10-15(11-21-18)19(24)23-7-5-22(6-8-23)12-14-3-4-16-17(9-14)26-13-25-16/h3-4,9-11H,2,5-8,12-13H2,1H3. The van der Waals surface area contributed by atoms with E-state index in [1.54, 1.807) is 12.4 Å². The molecule has 2 aliphatic heterocycles. The van der Waals surface area contributed by atoms with Gasteiger partial charge in [0.25, 0.3) is 5.91 Å². The fraction of sp³-hybridized carbons (Fsp3) is 0.421. The van der Waals surface area contributed by atoms with E-state index >= 15 is 0 Å². The van der Waals surface area contributed by atoms with E-state index < -0.39 is 0 Å². The third-order valence-corrected chi connectivity index (χ3v) is 4.77. The summed E-state index contributed by atoms with van der Waals surface area (Å²) in [7, 11) is 0. The van der Waals surface area contributed by atoms with Crippen molar-refractivity contribution in [1.29, 1.82) is 0 Å². The van der Waals surface area contributed by atoms with Crippen molar-refractivity contribution < 1.29 is 14.3 Å². The highest BCUT2D eigenvalue weighted by Gasteiger charge is 2.23. The molecule has 0 atom stereocenters. The lowest BCUT2D eigenvalue weighted by Gasteiger charge is -2.34. The maximum atomic E-state index is 12.6. The first-order chi connectivity index (χ1) is 12.7. The Labute approximate surface area is 152 Å². The molecule has 0 radical (unpaired) electrons. The first-order valence-electron chi connectivity index (χ1n) is 8.94. The summed E-state index contributed by atoms with van der Waals surface area (Å²) in [5.74, 6) is 2.39. The zero-order valence-corrected chi connectivity index (χ0v) is 14.9. The van der Waals surface area contributed by atoms with Crippen LogP contribution in [-0.2, 0) is 13.0 Å². The highest BCUT2D eigenvalue weighted by Crippen LogP contribution is 2.32. The number of fused-ring (bicyclic) bond motifs is 1. The van der Waals surface area contributed by atoms with Crippen molar-refractivity contribution in [3.8, 4) is 11.5 Å². The lowest BCUT2D eigenvalue weighted by Crippen LogP contribution is -2.48. The van der Waals surface area contributed by atoms with Crippen LogP contribution in [0.1, 0.15) is 28.7 Å². The lowest BCUT2D eigenvalue weighted by molar-refractivity contribution is 0.0627. The number of piperazine rings is 1. The second-order valence-corrected chi connectivity index (χ2v) is 6.50. The molecule has 1 saturated heterocycles. The number of benzene rings is 1. The van der Waals surface area contributed by atoms with Crippen molar-refractivity contribution in [1.82, 2.24) is 19.8 Å². The molecule has 0 N–H and O–H groups in total. The number of carbonyl (C=O) groups excluding carboxylic acids is 1. The zero-order chi connectivity index (χ0) is 17.9. The molecule has 1 aromatic carbocycles. The van der Waals surface area contributed by atoms with Crippen LogP contribution in [0.25, 0.3) is 0 Å². The first kappa shape index (κ1) is 16.8. The summed E-state index contributed by atoms with van der Waals surface area (Å²) in [6.07, 6.45) is 4.04. The first-order valence-corrected chi connectivity index (χ1v) is 8.94. The van der Waals surface area contributed by atoms with Crippen LogP contribution in [0.5, 0.6) is 11.5 Å². The zero-order valence-electron chi connectivity index (χ0n) is 14.9. The molecule has 3 heterocycles. The van der Waals surface area contributed by atoms with E-state index in [0.717, 1.165) is 43.4 Å². The molecule has 26 heavy (non-hydrogen) atoms. The Morgan fingerprint density at radius 1 is 1.08 bits per heavy atom. The molecule has 7 heteroatoms. The van der Waals surface area contributed by atoms with Gasteiger partial charge in [-0.05, 0) is 17.7 Å². The van der Waals surface area contributed by atoms with Crippen LogP contribution in [0, 0.1) is 0 Å². The molecule has 0 saturated carbocycles. The van der Waals surface area contributed by atoms with Gasteiger partial charge in [0.15, 0.2) is 11.5 Å². The second kappa shape index (κ2) is 7.29. The number of hydrogen-bond donors (Lipinski definition) is 0. The van der Waals surface area contributed by atoms with Gasteiger partial charge in [-0.3, -0.25) is 9.69 Å². The van der Waals surface area contributed by atoms with Crippen LogP contribution in [0.3, 0.4) is 0 Å². The summed E-state index contributed by atoms with van der Waals surface area (Å²) in [6, 6.07) is 6.06. The molecule has 0 unspecified atom stereocenters. The van der Waals surface area contributed by atoms with Crippen LogP contribution in [0.2, 0.25) is 0 Å². The van der Waals surface area contributed by atoms with Gasteiger partial charge >= 0.3 is 0 Å². The Bertz CT molecular complexity index is 786. The smallest absolute Gasteiger partial charge is 0.257 e. The van der Waals surface area contributed by atoms with Gasteiger partial charge in [-0.15, -0.1) is 0 Å². The van der Waals surface area contributed by atoms with Crippen molar-refractivity contribution >= 4 is 5.91 Å². The number of ether oxygens (including phenoxy) is 2. The maximum absolute atomic E-state index is 12.6. The predicted octanol–water partition coefficient (Wildman–Crippen LogP) is 1.73. The van der Waals surface area contributed by atoms with Crippen molar-refractivity contribution in [2.24, 2.45) is 0 Å². The van der Waals surface area contributed by atoms with Gasteiger partial charge in [0.05, 0.1) is 5.56 Å². The normalized spacial score (nSPS) is 16.7. The van der Waals surface area contributed by atoms with Gasteiger partial charge in [0.2, 0.25) is 6.79 Å². The van der Waals surface area contributed by atoms with Gasteiger partial charge in [-0.1, -0.05) is 13.0 Å². The minimum Gasteiger partial charge on any atom is -0.454 e. The quantitative estimate of drug-likeness (QED) is 0.833. The third kappa shape index (κ3) is 3.48. The van der Waals surface area contributed by atoms with E-state index in [4.69, 9.17) is 9.47 Å². The van der Waals surface area contributed by atoms with Gasteiger partial charge in [0, 0.05) is 51.5 Å². The van der Waals surface area contributed by atoms with Crippen molar-refractivity contribution in [3.63, 3.8) is 0 Å². The lowest BCUT2D eigenvalue weighted by atomic mass is 10.1. The largest absolute Gasteiger partial charge is 0.454 e. The molecule has 136 valence electrons. The molecule has 2 aliphatic rings. The molecule has 0 spiro atoms. The van der Waals surface area contributed by atoms with Gasteiger partial charge < -0.3 is 14.4 Å². The SMILES string of the molecule is CCc1ncc(C(=O)N2CCN(Cc3ccc4c(c3)OCO4)CC2)cn1. The van der Waals surface area contributed by atoms with Gasteiger partial charge in [-0.2, -0.15) is 0 Å². The van der Waals surface area contributed by atoms with Crippen LogP contribution >= 0.6 is 0 Å². The van der Waals surface area contributed by atoms with Gasteiger partial charge in [0.1, 0.15) is 5.82 Å². The average molecular weight is 354 g/mol. The Morgan fingerprint density at radius 3 is 2.54 bits per heavy atom. The van der Waals surface area contributed by atoms with E-state index in [1.807, 2.05) is 24.0 Å². The number of carbonyl (C=O) groups is 1. The maximum Gasteiger partial charge on any atom is 0.257 e. The number of hydrogen-bond acceptors (Lipinski definition) is 6. The summed E-state index contributed by atoms with van der Waals surface area (Å²) in [6.45, 7) is 6.23. The summed E-state index contributed by atoms with van der Waals surface area (Å²) in [5, 5.41) is 0. The Hall–Kier alpha value is -2.67. The summed E-state index contributed by atoms with van der Waals surface area (Å²) < 4.78 is 10.8. The number of amides is 1. The molecule has 0 bridgehead atoms. The van der Waals surface area contributed by atoms with Crippen molar-refractivity contribution in [2.75, 3.05) is 33.0 Å². The highest BCUT2D eigenvalue weighted by atomic mass is 16.7. The molecule has 1 fully saturated rings. The molecule has 4 rings (SSSR count).